The molecule has 0 heterocycles. The van der Waals surface area contributed by atoms with Gasteiger partial charge < -0.3 is 20.7 Å². The van der Waals surface area contributed by atoms with Gasteiger partial charge in [0.15, 0.2) is 6.61 Å². The Balaban J connectivity index is 2.84. The van der Waals surface area contributed by atoms with E-state index in [0.29, 0.717) is 15.6 Å². The van der Waals surface area contributed by atoms with Crippen LogP contribution in [0.15, 0.2) is 18.2 Å². The normalized spacial score (nSPS) is 11.5. The Morgan fingerprint density at radius 2 is 1.79 bits per heavy atom. The molecule has 0 aromatic heterocycles. The van der Waals surface area contributed by atoms with E-state index in [1.807, 2.05) is 0 Å². The highest BCUT2D eigenvalue weighted by Gasteiger charge is 2.20. The fraction of sp³-hybridized carbons (Fsp3) is 0.400. The quantitative estimate of drug-likeness (QED) is 0.695. The zero-order chi connectivity index (χ0) is 18.3. The van der Waals surface area contributed by atoms with Crippen molar-refractivity contribution in [2.24, 2.45) is 5.73 Å². The highest BCUT2D eigenvalue weighted by atomic mass is 35.5. The highest BCUT2D eigenvalue weighted by molar-refractivity contribution is 6.34. The molecule has 7 nitrogen and oxygen atoms in total. The van der Waals surface area contributed by atoms with Crippen LogP contribution in [0, 0.1) is 0 Å². The van der Waals surface area contributed by atoms with Crippen LogP contribution in [0.25, 0.3) is 0 Å². The van der Waals surface area contributed by atoms with E-state index in [1.165, 1.54) is 11.0 Å². The van der Waals surface area contributed by atoms with Gasteiger partial charge in [-0.1, -0.05) is 23.2 Å². The number of hydrogen-bond donors (Lipinski definition) is 2. The van der Waals surface area contributed by atoms with Crippen molar-refractivity contribution in [2.45, 2.75) is 12.5 Å². The predicted molar refractivity (Wildman–Crippen MR) is 90.7 cm³/mol. The Morgan fingerprint density at radius 1 is 1.21 bits per heavy atom. The lowest BCUT2D eigenvalue weighted by atomic mass is 10.0. The number of carbonyl (C=O) groups excluding carboxylic acids is 3. The molecule has 0 aliphatic carbocycles. The molecule has 9 heteroatoms. The van der Waals surface area contributed by atoms with Gasteiger partial charge in [0.25, 0.3) is 5.91 Å². The zero-order valence-electron chi connectivity index (χ0n) is 13.3. The van der Waals surface area contributed by atoms with Gasteiger partial charge in [0, 0.05) is 24.1 Å². The van der Waals surface area contributed by atoms with Crippen LogP contribution in [0.5, 0.6) is 0 Å². The molecule has 0 radical (unpaired) electrons. The first-order valence-corrected chi connectivity index (χ1v) is 7.79. The van der Waals surface area contributed by atoms with E-state index in [-0.39, 0.29) is 25.5 Å². The minimum Gasteiger partial charge on any atom is -0.455 e. The van der Waals surface area contributed by atoms with Gasteiger partial charge in [-0.2, -0.15) is 0 Å². The number of amides is 2. The number of benzene rings is 1. The van der Waals surface area contributed by atoms with Crippen LogP contribution in [0.1, 0.15) is 18.0 Å². The molecule has 132 valence electrons. The van der Waals surface area contributed by atoms with Crippen molar-refractivity contribution in [3.8, 4) is 0 Å². The van der Waals surface area contributed by atoms with Crippen molar-refractivity contribution < 1.29 is 19.1 Å². The third-order valence-electron chi connectivity index (χ3n) is 3.03. The molecule has 0 spiro atoms. The first kappa shape index (κ1) is 20.2. The number of halogens is 2. The Kier molecular flexibility index (Phi) is 7.97. The first-order chi connectivity index (χ1) is 11.2. The largest absolute Gasteiger partial charge is 0.455 e. The number of nitrogens with one attached hydrogen (secondary N) is 1. The van der Waals surface area contributed by atoms with Gasteiger partial charge in [-0.3, -0.25) is 14.4 Å². The zero-order valence-corrected chi connectivity index (χ0v) is 14.9. The van der Waals surface area contributed by atoms with E-state index in [0.717, 1.165) is 0 Å². The van der Waals surface area contributed by atoms with Crippen molar-refractivity contribution >= 4 is 41.0 Å². The van der Waals surface area contributed by atoms with Crippen molar-refractivity contribution in [3.63, 3.8) is 0 Å². The summed E-state index contributed by atoms with van der Waals surface area (Å²) in [6, 6.07) is 3.96. The third-order valence-corrected chi connectivity index (χ3v) is 3.47. The summed E-state index contributed by atoms with van der Waals surface area (Å²) in [5.41, 5.74) is 5.82. The SMILES string of the molecule is CN(C)C(=O)COC(=O)CC(NC(=O)CN)c1cc(Cl)cc(Cl)c1. The van der Waals surface area contributed by atoms with E-state index >= 15 is 0 Å². The second kappa shape index (κ2) is 9.46. The fourth-order valence-electron chi connectivity index (χ4n) is 1.78. The van der Waals surface area contributed by atoms with Gasteiger partial charge in [0.1, 0.15) is 0 Å². The predicted octanol–water partition coefficient (Wildman–Crippen LogP) is 1.13. The van der Waals surface area contributed by atoms with E-state index in [2.05, 4.69) is 5.32 Å². The Hall–Kier alpha value is -1.83. The maximum atomic E-state index is 12.0. The number of rotatable bonds is 7. The van der Waals surface area contributed by atoms with Crippen LogP contribution in [-0.4, -0.2) is 49.9 Å². The van der Waals surface area contributed by atoms with E-state index in [1.54, 1.807) is 26.2 Å². The van der Waals surface area contributed by atoms with Crippen LogP contribution in [0.4, 0.5) is 0 Å². The number of nitrogens with zero attached hydrogens (tertiary/aromatic N) is 1. The second-order valence-electron chi connectivity index (χ2n) is 5.18. The molecule has 1 unspecified atom stereocenters. The highest BCUT2D eigenvalue weighted by Crippen LogP contribution is 2.25. The molecular weight excluding hydrogens is 357 g/mol. The molecule has 1 atom stereocenters. The molecule has 0 aliphatic rings. The standard InChI is InChI=1S/C15H19Cl2N3O4/c1-20(2)14(22)8-24-15(23)6-12(19-13(21)7-18)9-3-10(16)5-11(17)4-9/h3-5,12H,6-8,18H2,1-2H3,(H,19,21). The number of carbonyl (C=O) groups is 3. The average molecular weight is 376 g/mol. The summed E-state index contributed by atoms with van der Waals surface area (Å²) in [5, 5.41) is 3.32. The lowest BCUT2D eigenvalue weighted by Crippen LogP contribution is -2.35. The van der Waals surface area contributed by atoms with Crippen LogP contribution < -0.4 is 11.1 Å². The molecule has 3 N–H and O–H groups in total. The van der Waals surface area contributed by atoms with Gasteiger partial charge in [-0.15, -0.1) is 0 Å². The van der Waals surface area contributed by atoms with Gasteiger partial charge in [0.2, 0.25) is 5.91 Å². The molecule has 1 rings (SSSR count). The molecule has 1 aromatic rings. The monoisotopic (exact) mass is 375 g/mol. The van der Waals surface area contributed by atoms with Gasteiger partial charge >= 0.3 is 5.97 Å². The van der Waals surface area contributed by atoms with E-state index < -0.39 is 17.9 Å². The number of esters is 1. The minimum absolute atomic E-state index is 0.191. The van der Waals surface area contributed by atoms with Crippen LogP contribution in [-0.2, 0) is 19.1 Å². The number of nitrogens with two attached hydrogens (primary N) is 1. The van der Waals surface area contributed by atoms with Gasteiger partial charge in [-0.05, 0) is 23.8 Å². The smallest absolute Gasteiger partial charge is 0.308 e. The summed E-state index contributed by atoms with van der Waals surface area (Å²) in [6.45, 7) is -0.612. The lowest BCUT2D eigenvalue weighted by molar-refractivity contribution is -0.151. The van der Waals surface area contributed by atoms with Crippen LogP contribution >= 0.6 is 23.2 Å². The molecule has 0 saturated carbocycles. The summed E-state index contributed by atoms with van der Waals surface area (Å²) in [6.07, 6.45) is -0.191. The van der Waals surface area contributed by atoms with Crippen molar-refractivity contribution in [2.75, 3.05) is 27.2 Å². The molecule has 0 fully saturated rings. The third kappa shape index (κ3) is 6.74. The number of hydrogen-bond acceptors (Lipinski definition) is 5. The van der Waals surface area contributed by atoms with E-state index in [9.17, 15) is 14.4 Å². The fourth-order valence-corrected chi connectivity index (χ4v) is 2.32. The summed E-state index contributed by atoms with van der Waals surface area (Å²) in [4.78, 5) is 36.3. The molecule has 0 saturated heterocycles. The topological polar surface area (TPSA) is 102 Å². The Labute approximate surface area is 150 Å². The van der Waals surface area contributed by atoms with Crippen LogP contribution in [0.3, 0.4) is 0 Å². The van der Waals surface area contributed by atoms with Crippen molar-refractivity contribution in [1.82, 2.24) is 10.2 Å². The van der Waals surface area contributed by atoms with Crippen molar-refractivity contribution in [1.29, 1.82) is 0 Å². The maximum absolute atomic E-state index is 12.0. The Bertz CT molecular complexity index is 602. The molecule has 24 heavy (non-hydrogen) atoms. The lowest BCUT2D eigenvalue weighted by Gasteiger charge is -2.19. The van der Waals surface area contributed by atoms with Crippen LogP contribution in [0.2, 0.25) is 10.0 Å². The summed E-state index contributed by atoms with van der Waals surface area (Å²) in [7, 11) is 3.10. The summed E-state index contributed by atoms with van der Waals surface area (Å²) < 4.78 is 4.91. The molecule has 0 aliphatic heterocycles. The maximum Gasteiger partial charge on any atom is 0.308 e. The van der Waals surface area contributed by atoms with Gasteiger partial charge in [0.05, 0.1) is 19.0 Å². The summed E-state index contributed by atoms with van der Waals surface area (Å²) >= 11 is 11.9. The molecule has 0 bridgehead atoms. The van der Waals surface area contributed by atoms with Crippen molar-refractivity contribution in [3.05, 3.63) is 33.8 Å². The summed E-state index contributed by atoms with van der Waals surface area (Å²) in [5.74, 6) is -1.45. The molecule has 1 aromatic carbocycles. The number of ether oxygens (including phenoxy) is 1. The minimum atomic E-state index is -0.723. The number of likely N-dealkylation sites (N-methyl/N-ethyl adjacent to an activating group) is 1. The Morgan fingerprint density at radius 3 is 2.29 bits per heavy atom. The first-order valence-electron chi connectivity index (χ1n) is 7.04. The average Bonchev–Trinajstić information content (AvgIpc) is 2.50. The molecular formula is C15H19Cl2N3O4. The van der Waals surface area contributed by atoms with Gasteiger partial charge in [-0.25, -0.2) is 0 Å². The second-order valence-corrected chi connectivity index (χ2v) is 6.05. The van der Waals surface area contributed by atoms with E-state index in [4.69, 9.17) is 33.7 Å². The molecule has 2 amide bonds.